The zero-order chi connectivity index (χ0) is 13.2. The lowest BCUT2D eigenvalue weighted by Crippen LogP contribution is -2.03. The molecule has 18 heavy (non-hydrogen) atoms. The number of esters is 1. The van der Waals surface area contributed by atoms with Crippen molar-refractivity contribution in [1.82, 2.24) is 0 Å². The molecule has 0 unspecified atom stereocenters. The number of hydrogen-bond donors (Lipinski definition) is 0. The number of rotatable bonds is 7. The lowest BCUT2D eigenvalue weighted by atomic mass is 10.1. The highest BCUT2D eigenvalue weighted by atomic mass is 35.5. The Labute approximate surface area is 111 Å². The van der Waals surface area contributed by atoms with Crippen molar-refractivity contribution in [2.75, 3.05) is 6.61 Å². The molecule has 0 aliphatic carbocycles. The van der Waals surface area contributed by atoms with Gasteiger partial charge in [-0.25, -0.2) is 4.79 Å². The topological polar surface area (TPSA) is 43.4 Å². The number of aryl methyl sites for hydroxylation is 1. The molecule has 0 aromatic heterocycles. The van der Waals surface area contributed by atoms with E-state index in [9.17, 15) is 9.59 Å². The molecule has 0 bridgehead atoms. The van der Waals surface area contributed by atoms with Crippen LogP contribution >= 0.6 is 11.6 Å². The van der Waals surface area contributed by atoms with E-state index >= 15 is 0 Å². The number of allylic oxidation sites excluding steroid dienone is 1. The van der Waals surface area contributed by atoms with Crippen molar-refractivity contribution in [3.05, 3.63) is 48.0 Å². The van der Waals surface area contributed by atoms with Gasteiger partial charge < -0.3 is 4.74 Å². The first-order valence-electron chi connectivity index (χ1n) is 5.76. The van der Waals surface area contributed by atoms with Crippen molar-refractivity contribution in [2.45, 2.75) is 19.3 Å². The fourth-order valence-corrected chi connectivity index (χ4v) is 1.49. The first kappa shape index (κ1) is 14.5. The summed E-state index contributed by atoms with van der Waals surface area (Å²) in [5.74, 6) is -0.538. The van der Waals surface area contributed by atoms with E-state index in [2.05, 4.69) is 12.1 Å². The van der Waals surface area contributed by atoms with Crippen molar-refractivity contribution in [3.63, 3.8) is 0 Å². The summed E-state index contributed by atoms with van der Waals surface area (Å²) >= 11 is 5.04. The van der Waals surface area contributed by atoms with Gasteiger partial charge in [-0.15, -0.1) is 0 Å². The maximum atomic E-state index is 11.1. The number of benzene rings is 1. The van der Waals surface area contributed by atoms with Crippen LogP contribution in [0.15, 0.2) is 42.5 Å². The minimum atomic E-state index is -0.684. The van der Waals surface area contributed by atoms with E-state index in [0.717, 1.165) is 31.4 Å². The molecular formula is C14H15ClO3. The summed E-state index contributed by atoms with van der Waals surface area (Å²) in [6.45, 7) is 0.354. The van der Waals surface area contributed by atoms with E-state index in [1.54, 1.807) is 0 Å². The first-order chi connectivity index (χ1) is 8.68. The summed E-state index contributed by atoms with van der Waals surface area (Å²) in [6, 6.07) is 10.1. The van der Waals surface area contributed by atoms with Crippen LogP contribution in [0.4, 0.5) is 0 Å². The Balaban J connectivity index is 2.09. The molecule has 0 atom stereocenters. The summed E-state index contributed by atoms with van der Waals surface area (Å²) < 4.78 is 4.89. The quantitative estimate of drug-likeness (QED) is 0.330. The smallest absolute Gasteiger partial charge is 0.330 e. The van der Waals surface area contributed by atoms with Crippen LogP contribution in [0.2, 0.25) is 0 Å². The lowest BCUT2D eigenvalue weighted by Gasteiger charge is -2.02. The number of unbranched alkanes of at least 4 members (excludes halogenated alkanes) is 1. The maximum absolute atomic E-state index is 11.1. The number of halogens is 1. The van der Waals surface area contributed by atoms with Crippen molar-refractivity contribution in [1.29, 1.82) is 0 Å². The second kappa shape index (κ2) is 8.48. The molecule has 0 saturated heterocycles. The molecule has 1 aromatic rings. The minimum Gasteiger partial charge on any atom is -0.463 e. The Bertz CT molecular complexity index is 412. The van der Waals surface area contributed by atoms with Gasteiger partial charge in [0.15, 0.2) is 0 Å². The third-order valence-corrected chi connectivity index (χ3v) is 2.42. The Hall–Kier alpha value is -1.61. The zero-order valence-electron chi connectivity index (χ0n) is 9.97. The van der Waals surface area contributed by atoms with Crippen LogP contribution in [0.25, 0.3) is 0 Å². The van der Waals surface area contributed by atoms with Gasteiger partial charge in [-0.3, -0.25) is 4.79 Å². The lowest BCUT2D eigenvalue weighted by molar-refractivity contribution is -0.138. The molecule has 1 aromatic carbocycles. The van der Waals surface area contributed by atoms with E-state index in [-0.39, 0.29) is 0 Å². The second-order valence-corrected chi connectivity index (χ2v) is 4.12. The normalized spacial score (nSPS) is 10.5. The summed E-state index contributed by atoms with van der Waals surface area (Å²) in [5, 5.41) is -0.684. The Morgan fingerprint density at radius 3 is 2.50 bits per heavy atom. The number of hydrogen-bond acceptors (Lipinski definition) is 3. The van der Waals surface area contributed by atoms with E-state index in [4.69, 9.17) is 16.3 Å². The Morgan fingerprint density at radius 1 is 1.11 bits per heavy atom. The van der Waals surface area contributed by atoms with Gasteiger partial charge in [-0.1, -0.05) is 30.3 Å². The van der Waals surface area contributed by atoms with Crippen LogP contribution in [-0.2, 0) is 20.7 Å². The number of ether oxygens (including phenoxy) is 1. The standard InChI is InChI=1S/C14H15ClO3/c15-13(16)9-10-14(17)18-11-5-4-8-12-6-2-1-3-7-12/h1-3,6-7,9-10H,4-5,8,11H2. The summed E-state index contributed by atoms with van der Waals surface area (Å²) in [5.41, 5.74) is 1.27. The fourth-order valence-electron chi connectivity index (χ4n) is 1.43. The highest BCUT2D eigenvalue weighted by Crippen LogP contribution is 2.04. The van der Waals surface area contributed by atoms with Crippen molar-refractivity contribution in [2.24, 2.45) is 0 Å². The van der Waals surface area contributed by atoms with Crippen LogP contribution in [0.5, 0.6) is 0 Å². The highest BCUT2D eigenvalue weighted by Gasteiger charge is 1.98. The molecule has 0 radical (unpaired) electrons. The van der Waals surface area contributed by atoms with E-state index in [0.29, 0.717) is 6.61 Å². The van der Waals surface area contributed by atoms with E-state index < -0.39 is 11.2 Å². The molecule has 0 spiro atoms. The first-order valence-corrected chi connectivity index (χ1v) is 6.14. The molecule has 1 rings (SSSR count). The predicted octanol–water partition coefficient (Wildman–Crippen LogP) is 2.87. The van der Waals surface area contributed by atoms with Gasteiger partial charge in [0.05, 0.1) is 6.61 Å². The van der Waals surface area contributed by atoms with Gasteiger partial charge in [0.25, 0.3) is 0 Å². The number of carbonyl (C=O) groups is 2. The Kier molecular flexibility index (Phi) is 6.81. The van der Waals surface area contributed by atoms with E-state index in [1.165, 1.54) is 5.56 Å². The van der Waals surface area contributed by atoms with Gasteiger partial charge in [0, 0.05) is 12.2 Å². The van der Waals surface area contributed by atoms with Crippen molar-refractivity contribution < 1.29 is 14.3 Å². The number of carbonyl (C=O) groups excluding carboxylic acids is 2. The molecule has 0 aliphatic rings. The molecule has 0 fully saturated rings. The van der Waals surface area contributed by atoms with Crippen LogP contribution in [0, 0.1) is 0 Å². The Morgan fingerprint density at radius 2 is 1.83 bits per heavy atom. The molecular weight excluding hydrogens is 252 g/mol. The molecule has 0 heterocycles. The second-order valence-electron chi connectivity index (χ2n) is 3.75. The molecule has 4 heteroatoms. The highest BCUT2D eigenvalue weighted by molar-refractivity contribution is 6.66. The van der Waals surface area contributed by atoms with Crippen LogP contribution in [0.1, 0.15) is 18.4 Å². The van der Waals surface area contributed by atoms with Crippen LogP contribution in [-0.4, -0.2) is 17.8 Å². The summed E-state index contributed by atoms with van der Waals surface area (Å²) in [6.07, 6.45) is 4.73. The van der Waals surface area contributed by atoms with Crippen LogP contribution < -0.4 is 0 Å². The maximum Gasteiger partial charge on any atom is 0.330 e. The van der Waals surface area contributed by atoms with Gasteiger partial charge in [-0.05, 0) is 36.4 Å². The third kappa shape index (κ3) is 6.86. The predicted molar refractivity (Wildman–Crippen MR) is 70.3 cm³/mol. The molecule has 0 amide bonds. The van der Waals surface area contributed by atoms with Gasteiger partial charge in [-0.2, -0.15) is 0 Å². The monoisotopic (exact) mass is 266 g/mol. The van der Waals surface area contributed by atoms with Gasteiger partial charge in [0.2, 0.25) is 5.24 Å². The molecule has 0 aliphatic heterocycles. The SMILES string of the molecule is O=C(Cl)C=CC(=O)OCCCCc1ccccc1. The average molecular weight is 267 g/mol. The third-order valence-electron chi connectivity index (χ3n) is 2.30. The molecule has 3 nitrogen and oxygen atoms in total. The zero-order valence-corrected chi connectivity index (χ0v) is 10.7. The van der Waals surface area contributed by atoms with Crippen molar-refractivity contribution in [3.8, 4) is 0 Å². The molecule has 0 N–H and O–H groups in total. The largest absolute Gasteiger partial charge is 0.463 e. The molecule has 0 saturated carbocycles. The summed E-state index contributed by atoms with van der Waals surface area (Å²) in [4.78, 5) is 21.4. The van der Waals surface area contributed by atoms with Gasteiger partial charge in [0.1, 0.15) is 0 Å². The summed E-state index contributed by atoms with van der Waals surface area (Å²) in [7, 11) is 0. The minimum absolute atomic E-state index is 0.354. The van der Waals surface area contributed by atoms with Crippen molar-refractivity contribution >= 4 is 22.8 Å². The molecule has 96 valence electrons. The average Bonchev–Trinajstić information content (AvgIpc) is 2.37. The van der Waals surface area contributed by atoms with Gasteiger partial charge >= 0.3 is 5.97 Å². The van der Waals surface area contributed by atoms with Crippen LogP contribution in [0.3, 0.4) is 0 Å². The fraction of sp³-hybridized carbons (Fsp3) is 0.286. The van der Waals surface area contributed by atoms with E-state index in [1.807, 2.05) is 18.2 Å².